The van der Waals surface area contributed by atoms with Crippen molar-refractivity contribution in [1.82, 2.24) is 15.0 Å². The van der Waals surface area contributed by atoms with E-state index in [9.17, 15) is 0 Å². The predicted molar refractivity (Wildman–Crippen MR) is 106 cm³/mol. The zero-order chi connectivity index (χ0) is 18.1. The Morgan fingerprint density at radius 1 is 0.917 bits per heavy atom. The molecule has 0 amide bonds. The molecule has 10 heteroatoms. The van der Waals surface area contributed by atoms with Gasteiger partial charge in [-0.3, -0.25) is 0 Å². The number of benzene rings is 1. The van der Waals surface area contributed by atoms with E-state index < -0.39 is 7.59 Å². The van der Waals surface area contributed by atoms with Gasteiger partial charge in [0.15, 0.2) is 17.5 Å². The van der Waals surface area contributed by atoms with Crippen molar-refractivity contribution in [2.75, 3.05) is 0 Å². The van der Waals surface area contributed by atoms with E-state index in [4.69, 9.17) is 69.6 Å². The van der Waals surface area contributed by atoms with Crippen LogP contribution in [0, 0.1) is 6.92 Å². The Balaban J connectivity index is 2.59. The van der Waals surface area contributed by atoms with Gasteiger partial charge in [-0.25, -0.2) is 15.0 Å². The SMILES string of the molecule is Cc1ccccc1C=C(S)c1nc(C(Cl)(Cl)Cl)nc(C(Cl)(Cl)Cl)n1. The molecule has 0 N–H and O–H groups in total. The summed E-state index contributed by atoms with van der Waals surface area (Å²) in [5.74, 6) is -0.202. The Hall–Kier alpha value is 0.0600. The molecular weight excluding hydrogens is 455 g/mol. The molecule has 0 saturated heterocycles. The van der Waals surface area contributed by atoms with E-state index in [0.717, 1.165) is 11.1 Å². The lowest BCUT2D eigenvalue weighted by atomic mass is 10.1. The highest BCUT2D eigenvalue weighted by molar-refractivity contribution is 7.90. The van der Waals surface area contributed by atoms with Crippen LogP contribution in [-0.2, 0) is 7.59 Å². The van der Waals surface area contributed by atoms with Crippen LogP contribution in [0.25, 0.3) is 11.0 Å². The minimum absolute atomic E-state index is 0.124. The van der Waals surface area contributed by atoms with Gasteiger partial charge in [0, 0.05) is 4.91 Å². The molecule has 24 heavy (non-hydrogen) atoms. The maximum Gasteiger partial charge on any atom is 0.250 e. The Morgan fingerprint density at radius 3 is 1.88 bits per heavy atom. The normalized spacial score (nSPS) is 13.2. The first kappa shape index (κ1) is 20.4. The van der Waals surface area contributed by atoms with Crippen molar-refractivity contribution in [3.63, 3.8) is 0 Å². The molecule has 0 bridgehead atoms. The molecule has 2 rings (SSSR count). The zero-order valence-electron chi connectivity index (χ0n) is 11.9. The molecule has 0 aliphatic carbocycles. The zero-order valence-corrected chi connectivity index (χ0v) is 17.4. The first-order chi connectivity index (χ1) is 11.0. The summed E-state index contributed by atoms with van der Waals surface area (Å²) in [4.78, 5) is 12.5. The lowest BCUT2D eigenvalue weighted by molar-refractivity contribution is 0.834. The molecule has 0 aliphatic rings. The van der Waals surface area contributed by atoms with Crippen LogP contribution in [0.1, 0.15) is 28.6 Å². The van der Waals surface area contributed by atoms with Crippen LogP contribution in [0.15, 0.2) is 24.3 Å². The standard InChI is InChI=1S/C14H9Cl6N3S/c1-7-4-2-3-5-8(7)6-9(24)10-21-11(13(15,16)17)23-12(22-10)14(18,19)20/h2-6,24H,1H3. The number of rotatable bonds is 2. The summed E-state index contributed by atoms with van der Waals surface area (Å²) in [6, 6.07) is 7.70. The molecule has 1 aromatic heterocycles. The van der Waals surface area contributed by atoms with Gasteiger partial charge in [-0.1, -0.05) is 93.9 Å². The van der Waals surface area contributed by atoms with Crippen LogP contribution in [-0.4, -0.2) is 15.0 Å². The molecule has 0 spiro atoms. The monoisotopic (exact) mass is 461 g/mol. The highest BCUT2D eigenvalue weighted by Crippen LogP contribution is 2.40. The van der Waals surface area contributed by atoms with Crippen LogP contribution in [0.5, 0.6) is 0 Å². The number of aromatic nitrogens is 3. The smallest absolute Gasteiger partial charge is 0.209 e. The fourth-order valence-corrected chi connectivity index (χ4v) is 2.45. The van der Waals surface area contributed by atoms with Crippen molar-refractivity contribution >= 4 is 93.2 Å². The molecule has 0 fully saturated rings. The van der Waals surface area contributed by atoms with Crippen LogP contribution in [0.4, 0.5) is 0 Å². The number of hydrogen-bond acceptors (Lipinski definition) is 4. The summed E-state index contributed by atoms with van der Waals surface area (Å²) in [7, 11) is 0. The summed E-state index contributed by atoms with van der Waals surface area (Å²) in [5.41, 5.74) is 1.97. The second-order valence-electron chi connectivity index (χ2n) is 4.69. The Morgan fingerprint density at radius 2 is 1.42 bits per heavy atom. The van der Waals surface area contributed by atoms with E-state index in [1.54, 1.807) is 6.08 Å². The lowest BCUT2D eigenvalue weighted by Gasteiger charge is -2.15. The van der Waals surface area contributed by atoms with Gasteiger partial charge < -0.3 is 0 Å². The average Bonchev–Trinajstić information content (AvgIpc) is 2.47. The second kappa shape index (κ2) is 7.75. The van der Waals surface area contributed by atoms with Crippen molar-refractivity contribution in [2.24, 2.45) is 0 Å². The van der Waals surface area contributed by atoms with Gasteiger partial charge in [0.05, 0.1) is 0 Å². The fraction of sp³-hybridized carbons (Fsp3) is 0.214. The minimum Gasteiger partial charge on any atom is -0.209 e. The highest BCUT2D eigenvalue weighted by Gasteiger charge is 2.34. The number of halogens is 6. The van der Waals surface area contributed by atoms with Crippen LogP contribution < -0.4 is 0 Å². The third-order valence-corrected chi connectivity index (χ3v) is 4.20. The van der Waals surface area contributed by atoms with E-state index in [1.807, 2.05) is 31.2 Å². The topological polar surface area (TPSA) is 38.7 Å². The summed E-state index contributed by atoms with van der Waals surface area (Å²) < 4.78 is -3.81. The van der Waals surface area contributed by atoms with Gasteiger partial charge in [-0.2, -0.15) is 0 Å². The van der Waals surface area contributed by atoms with Crippen molar-refractivity contribution in [3.8, 4) is 0 Å². The molecule has 3 nitrogen and oxygen atoms in total. The van der Waals surface area contributed by atoms with E-state index >= 15 is 0 Å². The first-order valence-electron chi connectivity index (χ1n) is 6.35. The van der Waals surface area contributed by atoms with Gasteiger partial charge in [0.2, 0.25) is 7.59 Å². The third-order valence-electron chi connectivity index (χ3n) is 2.85. The van der Waals surface area contributed by atoms with Crippen molar-refractivity contribution in [2.45, 2.75) is 14.5 Å². The summed E-state index contributed by atoms with van der Waals surface area (Å²) in [6.45, 7) is 1.96. The van der Waals surface area contributed by atoms with Gasteiger partial charge in [-0.15, -0.1) is 12.6 Å². The quantitative estimate of drug-likeness (QED) is 0.422. The van der Waals surface area contributed by atoms with E-state index in [0.29, 0.717) is 4.91 Å². The predicted octanol–water partition coefficient (Wildman–Crippen LogP) is 6.26. The maximum atomic E-state index is 5.85. The molecule has 1 heterocycles. The molecule has 0 unspecified atom stereocenters. The second-order valence-corrected chi connectivity index (χ2v) is 9.73. The minimum atomic E-state index is -1.90. The highest BCUT2D eigenvalue weighted by atomic mass is 35.6. The van der Waals surface area contributed by atoms with Crippen molar-refractivity contribution < 1.29 is 0 Å². The number of aryl methyl sites for hydroxylation is 1. The Bertz CT molecular complexity index is 751. The van der Waals surface area contributed by atoms with Gasteiger partial charge >= 0.3 is 0 Å². The van der Waals surface area contributed by atoms with Gasteiger partial charge in [0.25, 0.3) is 0 Å². The molecule has 0 saturated carbocycles. The molecule has 0 radical (unpaired) electrons. The summed E-state index contributed by atoms with van der Waals surface area (Å²) in [5, 5.41) is 0. The summed E-state index contributed by atoms with van der Waals surface area (Å²) >= 11 is 39.5. The van der Waals surface area contributed by atoms with Gasteiger partial charge in [0.1, 0.15) is 0 Å². The third kappa shape index (κ3) is 5.28. The molecule has 0 atom stereocenters. The molecule has 1 aromatic carbocycles. The Kier molecular flexibility index (Phi) is 6.58. The summed E-state index contributed by atoms with van der Waals surface area (Å²) in [6.07, 6.45) is 1.76. The van der Waals surface area contributed by atoms with Crippen molar-refractivity contribution in [3.05, 3.63) is 52.9 Å². The molecular formula is C14H9Cl6N3S. The maximum absolute atomic E-state index is 5.85. The van der Waals surface area contributed by atoms with E-state index in [-0.39, 0.29) is 17.5 Å². The average molecular weight is 464 g/mol. The van der Waals surface area contributed by atoms with Crippen LogP contribution in [0.3, 0.4) is 0 Å². The lowest BCUT2D eigenvalue weighted by Crippen LogP contribution is -2.17. The number of hydrogen-bond donors (Lipinski definition) is 1. The van der Waals surface area contributed by atoms with E-state index in [1.165, 1.54) is 0 Å². The number of thiol groups is 1. The molecule has 2 aromatic rings. The molecule has 0 aliphatic heterocycles. The number of nitrogens with zero attached hydrogens (tertiary/aromatic N) is 3. The van der Waals surface area contributed by atoms with E-state index in [2.05, 4.69) is 27.6 Å². The fourth-order valence-electron chi connectivity index (χ4n) is 1.70. The molecule has 128 valence electrons. The van der Waals surface area contributed by atoms with Crippen molar-refractivity contribution in [1.29, 1.82) is 0 Å². The van der Waals surface area contributed by atoms with Gasteiger partial charge in [-0.05, 0) is 24.1 Å². The first-order valence-corrected chi connectivity index (χ1v) is 9.07. The number of alkyl halides is 6. The van der Waals surface area contributed by atoms with Crippen LogP contribution in [0.2, 0.25) is 0 Å². The van der Waals surface area contributed by atoms with Crippen LogP contribution >= 0.6 is 82.2 Å². The Labute approximate surface area is 174 Å². The largest absolute Gasteiger partial charge is 0.250 e.